The molecule has 1 heterocycles. The van der Waals surface area contributed by atoms with Crippen molar-refractivity contribution in [2.75, 3.05) is 18.1 Å². The van der Waals surface area contributed by atoms with E-state index in [1.807, 2.05) is 0 Å². The van der Waals surface area contributed by atoms with Gasteiger partial charge in [0, 0.05) is 18.1 Å². The zero-order valence-electron chi connectivity index (χ0n) is 9.00. The molecule has 1 fully saturated rings. The molecule has 0 aromatic carbocycles. The maximum atomic E-state index is 12.0. The SMILES string of the molecule is O=C(O)C1CCCCN1C(=O)C(CS)CS. The van der Waals surface area contributed by atoms with Crippen LogP contribution < -0.4 is 0 Å². The summed E-state index contributed by atoms with van der Waals surface area (Å²) in [7, 11) is 0. The summed E-state index contributed by atoms with van der Waals surface area (Å²) >= 11 is 8.18. The van der Waals surface area contributed by atoms with Gasteiger partial charge in [-0.15, -0.1) is 0 Å². The Kier molecular flexibility index (Phi) is 5.48. The second kappa shape index (κ2) is 6.39. The number of carboxylic acids is 1. The summed E-state index contributed by atoms with van der Waals surface area (Å²) in [5.74, 6) is -0.509. The Morgan fingerprint density at radius 3 is 2.44 bits per heavy atom. The zero-order chi connectivity index (χ0) is 12.1. The lowest BCUT2D eigenvalue weighted by molar-refractivity contribution is -0.153. The van der Waals surface area contributed by atoms with Crippen LogP contribution in [0, 0.1) is 5.92 Å². The van der Waals surface area contributed by atoms with Crippen LogP contribution in [0.15, 0.2) is 0 Å². The van der Waals surface area contributed by atoms with Crippen LogP contribution >= 0.6 is 25.3 Å². The topological polar surface area (TPSA) is 57.6 Å². The lowest BCUT2D eigenvalue weighted by Gasteiger charge is -2.34. The van der Waals surface area contributed by atoms with Gasteiger partial charge in [0.15, 0.2) is 0 Å². The summed E-state index contributed by atoms with van der Waals surface area (Å²) in [4.78, 5) is 24.6. The number of carbonyl (C=O) groups is 2. The summed E-state index contributed by atoms with van der Waals surface area (Å²) in [6.07, 6.45) is 2.29. The van der Waals surface area contributed by atoms with E-state index in [-0.39, 0.29) is 11.8 Å². The molecule has 4 nitrogen and oxygen atoms in total. The number of aliphatic carboxylic acids is 1. The van der Waals surface area contributed by atoms with Gasteiger partial charge in [-0.2, -0.15) is 25.3 Å². The molecule has 1 amide bonds. The van der Waals surface area contributed by atoms with Crippen molar-refractivity contribution in [3.63, 3.8) is 0 Å². The number of rotatable bonds is 4. The largest absolute Gasteiger partial charge is 0.480 e. The van der Waals surface area contributed by atoms with Crippen LogP contribution in [-0.4, -0.2) is 46.0 Å². The van der Waals surface area contributed by atoms with E-state index in [4.69, 9.17) is 5.11 Å². The molecule has 92 valence electrons. The lowest BCUT2D eigenvalue weighted by Crippen LogP contribution is -2.50. The van der Waals surface area contributed by atoms with Crippen LogP contribution in [0.1, 0.15) is 19.3 Å². The van der Waals surface area contributed by atoms with E-state index in [1.165, 1.54) is 4.90 Å². The predicted octanol–water partition coefficient (Wildman–Crippen LogP) is 0.928. The predicted molar refractivity (Wildman–Crippen MR) is 68.2 cm³/mol. The monoisotopic (exact) mass is 263 g/mol. The van der Waals surface area contributed by atoms with Crippen molar-refractivity contribution < 1.29 is 14.7 Å². The van der Waals surface area contributed by atoms with Gasteiger partial charge in [0.25, 0.3) is 0 Å². The van der Waals surface area contributed by atoms with Crippen LogP contribution in [0.2, 0.25) is 0 Å². The lowest BCUT2D eigenvalue weighted by atomic mass is 10.00. The van der Waals surface area contributed by atoms with Crippen molar-refractivity contribution in [1.82, 2.24) is 4.90 Å². The Labute approximate surface area is 106 Å². The number of nitrogens with zero attached hydrogens (tertiary/aromatic N) is 1. The quantitative estimate of drug-likeness (QED) is 0.661. The molecule has 0 aliphatic carbocycles. The van der Waals surface area contributed by atoms with Gasteiger partial charge in [0.05, 0.1) is 5.92 Å². The van der Waals surface area contributed by atoms with Crippen molar-refractivity contribution in [3.8, 4) is 0 Å². The van der Waals surface area contributed by atoms with Crippen molar-refractivity contribution in [1.29, 1.82) is 0 Å². The summed E-state index contributed by atoms with van der Waals surface area (Å²) in [6, 6.07) is -0.663. The maximum absolute atomic E-state index is 12.0. The highest BCUT2D eigenvalue weighted by molar-refractivity contribution is 7.81. The Morgan fingerprint density at radius 2 is 1.94 bits per heavy atom. The van der Waals surface area contributed by atoms with Gasteiger partial charge in [-0.1, -0.05) is 0 Å². The number of carboxylic acid groups (broad SMARTS) is 1. The molecule has 1 unspecified atom stereocenters. The first-order valence-electron chi connectivity index (χ1n) is 5.36. The third-order valence-electron chi connectivity index (χ3n) is 2.86. The third kappa shape index (κ3) is 3.07. The number of hydrogen-bond donors (Lipinski definition) is 3. The van der Waals surface area contributed by atoms with Crippen LogP contribution in [-0.2, 0) is 9.59 Å². The van der Waals surface area contributed by atoms with E-state index in [2.05, 4.69) is 25.3 Å². The second-order valence-electron chi connectivity index (χ2n) is 3.94. The first kappa shape index (κ1) is 13.7. The van der Waals surface area contributed by atoms with E-state index in [1.54, 1.807) is 0 Å². The summed E-state index contributed by atoms with van der Waals surface area (Å²) < 4.78 is 0. The Morgan fingerprint density at radius 1 is 1.31 bits per heavy atom. The van der Waals surface area contributed by atoms with Crippen molar-refractivity contribution in [3.05, 3.63) is 0 Å². The molecule has 1 saturated heterocycles. The van der Waals surface area contributed by atoms with E-state index in [0.29, 0.717) is 24.5 Å². The molecular formula is C10H17NO3S2. The van der Waals surface area contributed by atoms with Gasteiger partial charge in [0.1, 0.15) is 6.04 Å². The molecule has 1 atom stereocenters. The fraction of sp³-hybridized carbons (Fsp3) is 0.800. The van der Waals surface area contributed by atoms with Gasteiger partial charge in [-0.25, -0.2) is 4.79 Å². The molecule has 1 aliphatic heterocycles. The zero-order valence-corrected chi connectivity index (χ0v) is 10.8. The molecule has 1 N–H and O–H groups in total. The molecular weight excluding hydrogens is 246 g/mol. The Hall–Kier alpha value is -0.360. The molecule has 0 radical (unpaired) electrons. The number of carbonyl (C=O) groups excluding carboxylic acids is 1. The fourth-order valence-corrected chi connectivity index (χ4v) is 2.67. The molecule has 0 bridgehead atoms. The number of hydrogen-bond acceptors (Lipinski definition) is 4. The number of piperidine rings is 1. The number of likely N-dealkylation sites (tertiary alicyclic amines) is 1. The normalized spacial score (nSPS) is 21.2. The van der Waals surface area contributed by atoms with Crippen LogP contribution in [0.4, 0.5) is 0 Å². The molecule has 0 aromatic rings. The average molecular weight is 263 g/mol. The smallest absolute Gasteiger partial charge is 0.326 e. The van der Waals surface area contributed by atoms with Gasteiger partial charge < -0.3 is 10.0 Å². The van der Waals surface area contributed by atoms with E-state index in [9.17, 15) is 9.59 Å². The molecule has 0 aromatic heterocycles. The van der Waals surface area contributed by atoms with Gasteiger partial charge in [-0.3, -0.25) is 4.79 Å². The summed E-state index contributed by atoms with van der Waals surface area (Å²) in [5, 5.41) is 9.05. The minimum Gasteiger partial charge on any atom is -0.480 e. The first-order chi connectivity index (χ1) is 7.61. The Balaban J connectivity index is 2.74. The molecule has 16 heavy (non-hydrogen) atoms. The third-order valence-corrected chi connectivity index (χ3v) is 3.74. The summed E-state index contributed by atoms with van der Waals surface area (Å²) in [6.45, 7) is 0.536. The van der Waals surface area contributed by atoms with Crippen LogP contribution in [0.5, 0.6) is 0 Å². The van der Waals surface area contributed by atoms with Gasteiger partial charge in [-0.05, 0) is 19.3 Å². The Bertz CT molecular complexity index is 269. The molecule has 1 aliphatic rings. The second-order valence-corrected chi connectivity index (χ2v) is 4.67. The molecule has 1 rings (SSSR count). The molecule has 0 spiro atoms. The van der Waals surface area contributed by atoms with Gasteiger partial charge in [0.2, 0.25) is 5.91 Å². The van der Waals surface area contributed by atoms with Crippen LogP contribution in [0.3, 0.4) is 0 Å². The number of amides is 1. The van der Waals surface area contributed by atoms with Crippen molar-refractivity contribution >= 4 is 37.1 Å². The first-order valence-corrected chi connectivity index (χ1v) is 6.63. The molecule has 6 heteroatoms. The van der Waals surface area contributed by atoms with Crippen molar-refractivity contribution in [2.24, 2.45) is 5.92 Å². The highest BCUT2D eigenvalue weighted by Gasteiger charge is 2.34. The van der Waals surface area contributed by atoms with E-state index >= 15 is 0 Å². The van der Waals surface area contributed by atoms with Gasteiger partial charge >= 0.3 is 5.97 Å². The highest BCUT2D eigenvalue weighted by atomic mass is 32.1. The molecule has 0 saturated carbocycles. The standard InChI is InChI=1S/C10H17NO3S2/c12-9(7(5-15)6-16)11-4-2-1-3-8(11)10(13)14/h7-8,15-16H,1-6H2,(H,13,14). The van der Waals surface area contributed by atoms with E-state index in [0.717, 1.165) is 12.8 Å². The average Bonchev–Trinajstić information content (AvgIpc) is 2.30. The van der Waals surface area contributed by atoms with E-state index < -0.39 is 12.0 Å². The fourth-order valence-electron chi connectivity index (χ4n) is 1.90. The highest BCUT2D eigenvalue weighted by Crippen LogP contribution is 2.20. The summed E-state index contributed by atoms with van der Waals surface area (Å²) in [5.41, 5.74) is 0. The number of thiol groups is 2. The maximum Gasteiger partial charge on any atom is 0.326 e. The minimum atomic E-state index is -0.912. The van der Waals surface area contributed by atoms with Crippen molar-refractivity contribution in [2.45, 2.75) is 25.3 Å². The minimum absolute atomic E-state index is 0.128. The van der Waals surface area contributed by atoms with Crippen LogP contribution in [0.25, 0.3) is 0 Å².